The van der Waals surface area contributed by atoms with Gasteiger partial charge in [-0.1, -0.05) is 0 Å². The quantitative estimate of drug-likeness (QED) is 0.850. The molecule has 2 rings (SSSR count). The average molecular weight is 355 g/mol. The molecule has 114 valence electrons. The van der Waals surface area contributed by atoms with Gasteiger partial charge in [-0.15, -0.1) is 10.2 Å². The van der Waals surface area contributed by atoms with Crippen LogP contribution in [0.1, 0.15) is 26.6 Å². The maximum atomic E-state index is 11.9. The molecule has 0 aromatic carbocycles. The Labute approximate surface area is 132 Å². The minimum absolute atomic E-state index is 0.336. The summed E-state index contributed by atoms with van der Waals surface area (Å²) < 4.78 is 8.18. The van der Waals surface area contributed by atoms with E-state index in [9.17, 15) is 4.79 Å². The lowest BCUT2D eigenvalue weighted by atomic mass is 10.2. The number of hydrogen-bond acceptors (Lipinski definition) is 4. The number of fused-ring (bicyclic) bond motifs is 1. The molecule has 2 heterocycles. The first-order valence-corrected chi connectivity index (χ1v) is 7.49. The second-order valence-electron chi connectivity index (χ2n) is 5.84. The average Bonchev–Trinajstić information content (AvgIpc) is 2.76. The number of amides is 1. The lowest BCUT2D eigenvalue weighted by Gasteiger charge is -2.24. The molecule has 0 saturated carbocycles. The largest absolute Gasteiger partial charge is 0.444 e. The van der Waals surface area contributed by atoms with Gasteiger partial charge in [0.05, 0.1) is 0 Å². The summed E-state index contributed by atoms with van der Waals surface area (Å²) >= 11 is 3.43. The number of carbonyl (C=O) groups is 1. The van der Waals surface area contributed by atoms with Crippen LogP contribution in [0.15, 0.2) is 22.8 Å². The molecule has 0 bridgehead atoms. The van der Waals surface area contributed by atoms with Crippen LogP contribution in [-0.2, 0) is 11.2 Å². The SMILES string of the molecule is CN(CCc1nnc2ccc(Br)cn12)C(=O)OC(C)(C)C. The van der Waals surface area contributed by atoms with E-state index in [2.05, 4.69) is 26.1 Å². The van der Waals surface area contributed by atoms with E-state index in [4.69, 9.17) is 4.74 Å². The highest BCUT2D eigenvalue weighted by atomic mass is 79.9. The number of nitrogens with zero attached hydrogens (tertiary/aromatic N) is 4. The van der Waals surface area contributed by atoms with E-state index in [-0.39, 0.29) is 6.09 Å². The Morgan fingerprint density at radius 3 is 2.76 bits per heavy atom. The van der Waals surface area contributed by atoms with Gasteiger partial charge in [0.15, 0.2) is 5.65 Å². The topological polar surface area (TPSA) is 59.7 Å². The zero-order chi connectivity index (χ0) is 15.6. The lowest BCUT2D eigenvalue weighted by molar-refractivity contribution is 0.0300. The molecule has 7 heteroatoms. The summed E-state index contributed by atoms with van der Waals surface area (Å²) in [5.41, 5.74) is 0.297. The van der Waals surface area contributed by atoms with Crippen molar-refractivity contribution in [2.45, 2.75) is 32.8 Å². The molecule has 21 heavy (non-hydrogen) atoms. The van der Waals surface area contributed by atoms with Crippen molar-refractivity contribution in [2.75, 3.05) is 13.6 Å². The molecule has 0 aliphatic heterocycles. The third-order valence-electron chi connectivity index (χ3n) is 2.81. The summed E-state index contributed by atoms with van der Waals surface area (Å²) in [4.78, 5) is 13.4. The predicted octanol–water partition coefficient (Wildman–Crippen LogP) is 2.90. The first-order valence-electron chi connectivity index (χ1n) is 6.69. The van der Waals surface area contributed by atoms with Crippen LogP contribution in [0, 0.1) is 0 Å². The highest BCUT2D eigenvalue weighted by Crippen LogP contribution is 2.13. The van der Waals surface area contributed by atoms with Gasteiger partial charge >= 0.3 is 6.09 Å². The molecule has 0 aliphatic rings. The fourth-order valence-corrected chi connectivity index (χ4v) is 2.12. The summed E-state index contributed by atoms with van der Waals surface area (Å²) in [6, 6.07) is 3.80. The molecule has 6 nitrogen and oxygen atoms in total. The molecule has 0 unspecified atom stereocenters. The van der Waals surface area contributed by atoms with Gasteiger partial charge in [-0.2, -0.15) is 0 Å². The maximum absolute atomic E-state index is 11.9. The molecular weight excluding hydrogens is 336 g/mol. The number of rotatable bonds is 3. The van der Waals surface area contributed by atoms with Crippen LogP contribution in [0.3, 0.4) is 0 Å². The summed E-state index contributed by atoms with van der Waals surface area (Å²) in [7, 11) is 1.72. The maximum Gasteiger partial charge on any atom is 0.410 e. The van der Waals surface area contributed by atoms with Crippen LogP contribution < -0.4 is 0 Å². The number of carbonyl (C=O) groups excluding carboxylic acids is 1. The van der Waals surface area contributed by atoms with Crippen LogP contribution in [-0.4, -0.2) is 44.8 Å². The Morgan fingerprint density at radius 1 is 1.38 bits per heavy atom. The highest BCUT2D eigenvalue weighted by molar-refractivity contribution is 9.10. The van der Waals surface area contributed by atoms with E-state index >= 15 is 0 Å². The molecule has 0 fully saturated rings. The van der Waals surface area contributed by atoms with E-state index in [0.717, 1.165) is 15.9 Å². The van der Waals surface area contributed by atoms with Crippen molar-refractivity contribution in [1.82, 2.24) is 19.5 Å². The smallest absolute Gasteiger partial charge is 0.410 e. The second-order valence-corrected chi connectivity index (χ2v) is 6.76. The molecule has 2 aromatic heterocycles. The Hall–Kier alpha value is -1.63. The summed E-state index contributed by atoms with van der Waals surface area (Å²) in [6.07, 6.45) is 2.18. The summed E-state index contributed by atoms with van der Waals surface area (Å²) in [6.45, 7) is 6.06. The summed E-state index contributed by atoms with van der Waals surface area (Å²) in [5.74, 6) is 0.807. The van der Waals surface area contributed by atoms with Gasteiger partial charge in [0.1, 0.15) is 11.4 Å². The van der Waals surface area contributed by atoms with Crippen LogP contribution in [0.25, 0.3) is 5.65 Å². The lowest BCUT2D eigenvalue weighted by Crippen LogP contribution is -2.35. The Kier molecular flexibility index (Phi) is 4.51. The van der Waals surface area contributed by atoms with Crippen LogP contribution in [0.4, 0.5) is 4.79 Å². The minimum Gasteiger partial charge on any atom is -0.444 e. The molecule has 1 amide bonds. The van der Waals surface area contributed by atoms with Crippen molar-refractivity contribution < 1.29 is 9.53 Å². The van der Waals surface area contributed by atoms with Crippen molar-refractivity contribution >= 4 is 27.7 Å². The number of hydrogen-bond donors (Lipinski definition) is 0. The van der Waals surface area contributed by atoms with Crippen molar-refractivity contribution in [2.24, 2.45) is 0 Å². The van der Waals surface area contributed by atoms with Crippen LogP contribution >= 0.6 is 15.9 Å². The normalized spacial score (nSPS) is 11.7. The zero-order valence-corrected chi connectivity index (χ0v) is 14.2. The monoisotopic (exact) mass is 354 g/mol. The molecule has 0 atom stereocenters. The van der Waals surface area contributed by atoms with Crippen molar-refractivity contribution in [3.8, 4) is 0 Å². The van der Waals surface area contributed by atoms with Gasteiger partial charge in [-0.3, -0.25) is 4.40 Å². The fourth-order valence-electron chi connectivity index (χ4n) is 1.78. The predicted molar refractivity (Wildman–Crippen MR) is 83.3 cm³/mol. The zero-order valence-electron chi connectivity index (χ0n) is 12.6. The number of halogens is 1. The Balaban J connectivity index is 2.01. The summed E-state index contributed by atoms with van der Waals surface area (Å²) in [5, 5.41) is 8.26. The Morgan fingerprint density at radius 2 is 2.10 bits per heavy atom. The van der Waals surface area contributed by atoms with Crippen LogP contribution in [0.2, 0.25) is 0 Å². The van der Waals surface area contributed by atoms with E-state index in [1.165, 1.54) is 0 Å². The van der Waals surface area contributed by atoms with Crippen molar-refractivity contribution in [1.29, 1.82) is 0 Å². The molecule has 0 radical (unpaired) electrons. The first kappa shape index (κ1) is 15.8. The number of ether oxygens (including phenoxy) is 1. The van der Waals surface area contributed by atoms with Gasteiger partial charge in [-0.05, 0) is 48.8 Å². The van der Waals surface area contributed by atoms with E-state index in [1.54, 1.807) is 11.9 Å². The van der Waals surface area contributed by atoms with E-state index in [0.29, 0.717) is 13.0 Å². The molecule has 0 spiro atoms. The van der Waals surface area contributed by atoms with Gasteiger partial charge in [-0.25, -0.2) is 4.79 Å². The van der Waals surface area contributed by atoms with Gasteiger partial charge < -0.3 is 9.64 Å². The van der Waals surface area contributed by atoms with Gasteiger partial charge in [0.2, 0.25) is 0 Å². The minimum atomic E-state index is -0.488. The van der Waals surface area contributed by atoms with Crippen molar-refractivity contribution in [3.63, 3.8) is 0 Å². The van der Waals surface area contributed by atoms with Gasteiger partial charge in [0.25, 0.3) is 0 Å². The first-order chi connectivity index (χ1) is 9.76. The number of likely N-dealkylation sites (N-methyl/N-ethyl adjacent to an activating group) is 1. The van der Waals surface area contributed by atoms with E-state index < -0.39 is 5.60 Å². The molecule has 0 aliphatic carbocycles. The molecule has 2 aromatic rings. The third-order valence-corrected chi connectivity index (χ3v) is 3.28. The van der Waals surface area contributed by atoms with Crippen molar-refractivity contribution in [3.05, 3.63) is 28.6 Å². The van der Waals surface area contributed by atoms with E-state index in [1.807, 2.05) is 43.5 Å². The molecule has 0 saturated heterocycles. The van der Waals surface area contributed by atoms with Crippen LogP contribution in [0.5, 0.6) is 0 Å². The third kappa shape index (κ3) is 4.17. The molecule has 0 N–H and O–H groups in total. The second kappa shape index (κ2) is 6.01. The Bertz CT molecular complexity index is 648. The number of aromatic nitrogens is 3. The van der Waals surface area contributed by atoms with Gasteiger partial charge in [0, 0.05) is 30.7 Å². The number of pyridine rings is 1. The fraction of sp³-hybridized carbons (Fsp3) is 0.500. The highest BCUT2D eigenvalue weighted by Gasteiger charge is 2.19. The standard InChI is InChI=1S/C14H19BrN4O2/c1-14(2,3)21-13(20)18(4)8-7-12-17-16-11-6-5-10(15)9-19(11)12/h5-6,9H,7-8H2,1-4H3. The molecular formula is C14H19BrN4O2.